The summed E-state index contributed by atoms with van der Waals surface area (Å²) in [5.74, 6) is -0.473. The van der Waals surface area contributed by atoms with Crippen molar-refractivity contribution in [2.45, 2.75) is 6.43 Å². The van der Waals surface area contributed by atoms with Gasteiger partial charge < -0.3 is 11.1 Å². The van der Waals surface area contributed by atoms with Crippen LogP contribution in [0.3, 0.4) is 0 Å². The number of nitrogen functional groups attached to an aromatic ring is 1. The predicted molar refractivity (Wildman–Crippen MR) is 73.2 cm³/mol. The second-order valence-electron chi connectivity index (χ2n) is 3.90. The van der Waals surface area contributed by atoms with Crippen molar-refractivity contribution in [2.24, 2.45) is 0 Å². The molecule has 3 N–H and O–H groups in total. The monoisotopic (exact) mass is 330 g/mol. The van der Waals surface area contributed by atoms with Crippen molar-refractivity contribution in [3.05, 3.63) is 52.3 Å². The summed E-state index contributed by atoms with van der Waals surface area (Å²) in [5, 5.41) is 2.75. The summed E-state index contributed by atoms with van der Waals surface area (Å²) in [5.41, 5.74) is 6.09. The first-order valence-corrected chi connectivity index (χ1v) is 6.16. The molecule has 0 aliphatic rings. The van der Waals surface area contributed by atoms with Crippen molar-refractivity contribution in [1.82, 2.24) is 0 Å². The van der Waals surface area contributed by atoms with Gasteiger partial charge in [0.05, 0.1) is 4.47 Å². The van der Waals surface area contributed by atoms with E-state index in [1.165, 1.54) is 30.3 Å². The van der Waals surface area contributed by atoms with Gasteiger partial charge in [-0.3, -0.25) is 0 Å². The van der Waals surface area contributed by atoms with Crippen LogP contribution in [-0.2, 0) is 0 Å². The Morgan fingerprint density at radius 1 is 1.11 bits per heavy atom. The van der Waals surface area contributed by atoms with Gasteiger partial charge in [0.2, 0.25) is 0 Å². The molecule has 2 aromatic rings. The maximum Gasteiger partial charge on any atom is 0.265 e. The zero-order valence-electron chi connectivity index (χ0n) is 9.63. The SMILES string of the molecule is Nc1ccc(Nc2ccc(Br)c(F)c2)c(C(F)F)c1. The molecule has 0 atom stereocenters. The number of anilines is 3. The van der Waals surface area contributed by atoms with E-state index in [1.54, 1.807) is 6.07 Å². The smallest absolute Gasteiger partial charge is 0.265 e. The van der Waals surface area contributed by atoms with E-state index in [0.717, 1.165) is 0 Å². The van der Waals surface area contributed by atoms with Crippen LogP contribution in [0.25, 0.3) is 0 Å². The maximum atomic E-state index is 13.4. The van der Waals surface area contributed by atoms with Gasteiger partial charge >= 0.3 is 0 Å². The highest BCUT2D eigenvalue weighted by Gasteiger charge is 2.13. The topological polar surface area (TPSA) is 38.0 Å². The standard InChI is InChI=1S/C13H10BrF3N2/c14-10-3-2-8(6-11(10)15)19-12-4-1-7(18)5-9(12)13(16)17/h1-6,13,19H,18H2. The van der Waals surface area contributed by atoms with Crippen molar-refractivity contribution in [2.75, 3.05) is 11.1 Å². The first kappa shape index (κ1) is 13.7. The fraction of sp³-hybridized carbons (Fsp3) is 0.0769. The van der Waals surface area contributed by atoms with Gasteiger partial charge in [0.1, 0.15) is 5.82 Å². The normalized spacial score (nSPS) is 10.8. The Bertz CT molecular complexity index is 602. The van der Waals surface area contributed by atoms with Gasteiger partial charge in [0, 0.05) is 22.6 Å². The number of halogens is 4. The van der Waals surface area contributed by atoms with E-state index in [4.69, 9.17) is 5.73 Å². The van der Waals surface area contributed by atoms with Crippen LogP contribution in [0.5, 0.6) is 0 Å². The number of alkyl halides is 2. The fourth-order valence-electron chi connectivity index (χ4n) is 1.60. The average molecular weight is 331 g/mol. The van der Waals surface area contributed by atoms with Crippen LogP contribution in [0.1, 0.15) is 12.0 Å². The number of rotatable bonds is 3. The van der Waals surface area contributed by atoms with Gasteiger partial charge in [0.25, 0.3) is 6.43 Å². The minimum absolute atomic E-state index is 0.200. The average Bonchev–Trinajstić information content (AvgIpc) is 2.36. The third-order valence-corrected chi connectivity index (χ3v) is 3.15. The lowest BCUT2D eigenvalue weighted by molar-refractivity contribution is 0.152. The summed E-state index contributed by atoms with van der Waals surface area (Å²) >= 11 is 3.02. The second kappa shape index (κ2) is 5.52. The van der Waals surface area contributed by atoms with Crippen LogP contribution in [0, 0.1) is 5.82 Å². The van der Waals surface area contributed by atoms with Crippen LogP contribution in [0.2, 0.25) is 0 Å². The van der Waals surface area contributed by atoms with Gasteiger partial charge in [-0.15, -0.1) is 0 Å². The van der Waals surface area contributed by atoms with Crippen LogP contribution in [0.15, 0.2) is 40.9 Å². The molecule has 0 saturated carbocycles. The maximum absolute atomic E-state index is 13.4. The molecule has 6 heteroatoms. The van der Waals surface area contributed by atoms with E-state index in [0.29, 0.717) is 10.2 Å². The van der Waals surface area contributed by atoms with Crippen LogP contribution in [0.4, 0.5) is 30.2 Å². The molecule has 100 valence electrons. The molecule has 0 aliphatic heterocycles. The molecule has 2 nitrogen and oxygen atoms in total. The zero-order chi connectivity index (χ0) is 14.0. The third kappa shape index (κ3) is 3.20. The molecular weight excluding hydrogens is 321 g/mol. The molecule has 0 unspecified atom stereocenters. The van der Waals surface area contributed by atoms with Gasteiger partial charge in [-0.2, -0.15) is 0 Å². The highest BCUT2D eigenvalue weighted by molar-refractivity contribution is 9.10. The Kier molecular flexibility index (Phi) is 3.99. The molecule has 0 aliphatic carbocycles. The molecule has 2 aromatic carbocycles. The van der Waals surface area contributed by atoms with Gasteiger partial charge in [-0.25, -0.2) is 13.2 Å². The fourth-order valence-corrected chi connectivity index (χ4v) is 1.85. The summed E-state index contributed by atoms with van der Waals surface area (Å²) in [6.07, 6.45) is -2.66. The summed E-state index contributed by atoms with van der Waals surface area (Å²) in [4.78, 5) is 0. The lowest BCUT2D eigenvalue weighted by atomic mass is 10.1. The Hall–Kier alpha value is -1.69. The lowest BCUT2D eigenvalue weighted by Gasteiger charge is -2.12. The highest BCUT2D eigenvalue weighted by Crippen LogP contribution is 2.31. The van der Waals surface area contributed by atoms with Crippen molar-refractivity contribution < 1.29 is 13.2 Å². The summed E-state index contributed by atoms with van der Waals surface area (Å²) < 4.78 is 39.4. The minimum atomic E-state index is -2.66. The number of benzene rings is 2. The van der Waals surface area contributed by atoms with Crippen molar-refractivity contribution in [3.63, 3.8) is 0 Å². The Labute approximate surface area is 116 Å². The quantitative estimate of drug-likeness (QED) is 0.789. The largest absolute Gasteiger partial charge is 0.399 e. The molecule has 0 bridgehead atoms. The molecule has 0 heterocycles. The summed E-state index contributed by atoms with van der Waals surface area (Å²) in [6.45, 7) is 0. The number of hydrogen-bond acceptors (Lipinski definition) is 2. The molecule has 0 fully saturated rings. The van der Waals surface area contributed by atoms with E-state index in [2.05, 4.69) is 21.2 Å². The minimum Gasteiger partial charge on any atom is -0.399 e. The molecule has 2 rings (SSSR count). The van der Waals surface area contributed by atoms with Crippen molar-refractivity contribution in [1.29, 1.82) is 0 Å². The van der Waals surface area contributed by atoms with E-state index in [9.17, 15) is 13.2 Å². The first-order chi connectivity index (χ1) is 8.97. The number of hydrogen-bond donors (Lipinski definition) is 2. The molecule has 0 radical (unpaired) electrons. The summed E-state index contributed by atoms with van der Waals surface area (Å²) in [7, 11) is 0. The molecule has 19 heavy (non-hydrogen) atoms. The van der Waals surface area contributed by atoms with E-state index < -0.39 is 12.2 Å². The Morgan fingerprint density at radius 2 is 1.84 bits per heavy atom. The third-order valence-electron chi connectivity index (χ3n) is 2.51. The van der Waals surface area contributed by atoms with Gasteiger partial charge in [-0.05, 0) is 52.3 Å². The van der Waals surface area contributed by atoms with E-state index in [1.807, 2.05) is 0 Å². The van der Waals surface area contributed by atoms with Crippen LogP contribution in [-0.4, -0.2) is 0 Å². The molecule has 0 saturated heterocycles. The highest BCUT2D eigenvalue weighted by atomic mass is 79.9. The second-order valence-corrected chi connectivity index (χ2v) is 4.76. The number of nitrogens with two attached hydrogens (primary N) is 1. The van der Waals surface area contributed by atoms with E-state index in [-0.39, 0.29) is 16.9 Å². The Balaban J connectivity index is 2.35. The zero-order valence-corrected chi connectivity index (χ0v) is 11.2. The van der Waals surface area contributed by atoms with Gasteiger partial charge in [-0.1, -0.05) is 0 Å². The van der Waals surface area contributed by atoms with Crippen molar-refractivity contribution >= 4 is 33.0 Å². The number of nitrogens with one attached hydrogen (secondary N) is 1. The Morgan fingerprint density at radius 3 is 2.47 bits per heavy atom. The lowest BCUT2D eigenvalue weighted by Crippen LogP contribution is -1.99. The van der Waals surface area contributed by atoms with E-state index >= 15 is 0 Å². The predicted octanol–water partition coefficient (Wildman–Crippen LogP) is 4.85. The first-order valence-electron chi connectivity index (χ1n) is 5.37. The van der Waals surface area contributed by atoms with Crippen LogP contribution < -0.4 is 11.1 Å². The van der Waals surface area contributed by atoms with Crippen LogP contribution >= 0.6 is 15.9 Å². The molecular formula is C13H10BrF3N2. The summed E-state index contributed by atoms with van der Waals surface area (Å²) in [6, 6.07) is 8.44. The molecule has 0 spiro atoms. The van der Waals surface area contributed by atoms with Crippen molar-refractivity contribution in [3.8, 4) is 0 Å². The molecule has 0 aromatic heterocycles. The van der Waals surface area contributed by atoms with Gasteiger partial charge in [0.15, 0.2) is 0 Å². The molecule has 0 amide bonds.